The Morgan fingerprint density at radius 2 is 1.86 bits per heavy atom. The Hall–Kier alpha value is -2.02. The highest BCUT2D eigenvalue weighted by Crippen LogP contribution is 2.34. The van der Waals surface area contributed by atoms with Crippen LogP contribution < -0.4 is 10.1 Å². The lowest BCUT2D eigenvalue weighted by atomic mass is 10.1. The molecular formula is C15H11BrF3NO2. The lowest BCUT2D eigenvalue weighted by molar-refractivity contribution is -0.137. The van der Waals surface area contributed by atoms with Crippen LogP contribution in [0.3, 0.4) is 0 Å². The summed E-state index contributed by atoms with van der Waals surface area (Å²) in [5.41, 5.74) is -0.578. The zero-order valence-electron chi connectivity index (χ0n) is 11.4. The number of benzene rings is 2. The van der Waals surface area contributed by atoms with Gasteiger partial charge in [0, 0.05) is 4.47 Å². The lowest BCUT2D eigenvalue weighted by Gasteiger charge is -2.13. The molecule has 0 unspecified atom stereocenters. The van der Waals surface area contributed by atoms with E-state index in [4.69, 9.17) is 4.74 Å². The third kappa shape index (κ3) is 3.59. The molecule has 0 saturated heterocycles. The first-order valence-corrected chi connectivity index (χ1v) is 6.93. The molecule has 0 atom stereocenters. The summed E-state index contributed by atoms with van der Waals surface area (Å²) in [4.78, 5) is 12.2. The van der Waals surface area contributed by atoms with Gasteiger partial charge in [0.15, 0.2) is 0 Å². The van der Waals surface area contributed by atoms with E-state index in [1.165, 1.54) is 19.2 Å². The summed E-state index contributed by atoms with van der Waals surface area (Å²) in [6, 6.07) is 9.49. The number of anilines is 1. The molecule has 1 amide bonds. The average molecular weight is 374 g/mol. The van der Waals surface area contributed by atoms with Gasteiger partial charge in [0.2, 0.25) is 0 Å². The number of nitrogens with one attached hydrogen (secondary N) is 1. The summed E-state index contributed by atoms with van der Waals surface area (Å²) in [5, 5.41) is 2.45. The molecule has 2 aromatic rings. The molecule has 0 aromatic heterocycles. The number of alkyl halides is 3. The van der Waals surface area contributed by atoms with Crippen molar-refractivity contribution in [3.8, 4) is 5.75 Å². The number of amides is 1. The van der Waals surface area contributed by atoms with Gasteiger partial charge in [0.1, 0.15) is 5.75 Å². The molecule has 0 bridgehead atoms. The van der Waals surface area contributed by atoms with Crippen LogP contribution in [0.2, 0.25) is 0 Å². The van der Waals surface area contributed by atoms with E-state index < -0.39 is 17.6 Å². The van der Waals surface area contributed by atoms with E-state index in [0.29, 0.717) is 10.2 Å². The molecule has 7 heteroatoms. The highest BCUT2D eigenvalue weighted by molar-refractivity contribution is 9.10. The van der Waals surface area contributed by atoms with Crippen molar-refractivity contribution in [2.45, 2.75) is 6.18 Å². The molecule has 0 aliphatic heterocycles. The molecule has 1 N–H and O–H groups in total. The van der Waals surface area contributed by atoms with Crippen molar-refractivity contribution >= 4 is 27.5 Å². The molecule has 0 fully saturated rings. The van der Waals surface area contributed by atoms with Crippen LogP contribution in [-0.2, 0) is 6.18 Å². The van der Waals surface area contributed by atoms with Gasteiger partial charge in [-0.1, -0.05) is 12.1 Å². The minimum Gasteiger partial charge on any atom is -0.496 e. The maximum Gasteiger partial charge on any atom is 0.416 e. The van der Waals surface area contributed by atoms with Crippen LogP contribution in [0.4, 0.5) is 18.9 Å². The number of halogens is 4. The van der Waals surface area contributed by atoms with Crippen molar-refractivity contribution in [3.05, 3.63) is 58.1 Å². The molecule has 3 nitrogen and oxygen atoms in total. The van der Waals surface area contributed by atoms with Crippen LogP contribution >= 0.6 is 15.9 Å². The molecule has 116 valence electrons. The van der Waals surface area contributed by atoms with Crippen LogP contribution in [-0.4, -0.2) is 13.0 Å². The summed E-state index contributed by atoms with van der Waals surface area (Å²) < 4.78 is 43.6. The Bertz CT molecular complexity index is 701. The number of para-hydroxylation sites is 1. The van der Waals surface area contributed by atoms with E-state index in [-0.39, 0.29) is 11.3 Å². The predicted molar refractivity (Wildman–Crippen MR) is 80.1 cm³/mol. The van der Waals surface area contributed by atoms with Gasteiger partial charge in [-0.25, -0.2) is 0 Å². The number of methoxy groups -OCH3 is 1. The topological polar surface area (TPSA) is 38.3 Å². The molecule has 0 aliphatic carbocycles. The number of carbonyl (C=O) groups is 1. The largest absolute Gasteiger partial charge is 0.496 e. The quantitative estimate of drug-likeness (QED) is 0.844. The van der Waals surface area contributed by atoms with Crippen LogP contribution in [0.5, 0.6) is 5.75 Å². The Morgan fingerprint density at radius 1 is 1.18 bits per heavy atom. The van der Waals surface area contributed by atoms with Crippen molar-refractivity contribution < 1.29 is 22.7 Å². The van der Waals surface area contributed by atoms with Gasteiger partial charge >= 0.3 is 6.18 Å². The predicted octanol–water partition coefficient (Wildman–Crippen LogP) is 4.73. The van der Waals surface area contributed by atoms with Crippen LogP contribution in [0, 0.1) is 0 Å². The Morgan fingerprint density at radius 3 is 2.50 bits per heavy atom. The zero-order chi connectivity index (χ0) is 16.3. The number of hydrogen-bond donors (Lipinski definition) is 1. The molecule has 0 radical (unpaired) electrons. The van der Waals surface area contributed by atoms with E-state index in [2.05, 4.69) is 21.2 Å². The van der Waals surface area contributed by atoms with Crippen molar-refractivity contribution in [1.82, 2.24) is 0 Å². The van der Waals surface area contributed by atoms with Gasteiger partial charge in [-0.3, -0.25) is 4.79 Å². The van der Waals surface area contributed by atoms with Gasteiger partial charge in [-0.15, -0.1) is 0 Å². The summed E-state index contributed by atoms with van der Waals surface area (Å²) in [6.07, 6.45) is -4.48. The van der Waals surface area contributed by atoms with Gasteiger partial charge in [0.05, 0.1) is 23.9 Å². The first kappa shape index (κ1) is 16.4. The summed E-state index contributed by atoms with van der Waals surface area (Å²) >= 11 is 3.12. The number of carbonyl (C=O) groups excluding carboxylic acids is 1. The Balaban J connectivity index is 2.32. The fourth-order valence-corrected chi connectivity index (χ4v) is 2.17. The number of hydrogen-bond acceptors (Lipinski definition) is 2. The van der Waals surface area contributed by atoms with E-state index in [0.717, 1.165) is 12.1 Å². The molecule has 2 rings (SSSR count). The van der Waals surface area contributed by atoms with E-state index >= 15 is 0 Å². The molecule has 0 spiro atoms. The fraction of sp³-hybridized carbons (Fsp3) is 0.133. The monoisotopic (exact) mass is 373 g/mol. The van der Waals surface area contributed by atoms with Crippen LogP contribution in [0.1, 0.15) is 15.9 Å². The average Bonchev–Trinajstić information content (AvgIpc) is 2.48. The summed E-state index contributed by atoms with van der Waals surface area (Å²) in [5.74, 6) is -0.222. The minimum atomic E-state index is -4.48. The van der Waals surface area contributed by atoms with Crippen LogP contribution in [0.25, 0.3) is 0 Å². The van der Waals surface area contributed by atoms with Crippen molar-refractivity contribution in [2.75, 3.05) is 12.4 Å². The standard InChI is InChI=1S/C15H11BrF3NO2/c1-22-13-5-3-2-4-10(13)14(21)20-12-8-9(15(17,18)19)6-7-11(12)16/h2-8H,1H3,(H,20,21). The van der Waals surface area contributed by atoms with Gasteiger partial charge in [-0.2, -0.15) is 13.2 Å². The highest BCUT2D eigenvalue weighted by Gasteiger charge is 2.31. The Kier molecular flexibility index (Phi) is 4.75. The fourth-order valence-electron chi connectivity index (χ4n) is 1.82. The molecule has 0 heterocycles. The van der Waals surface area contributed by atoms with E-state index in [9.17, 15) is 18.0 Å². The van der Waals surface area contributed by atoms with E-state index in [1.807, 2.05) is 0 Å². The third-order valence-corrected chi connectivity index (χ3v) is 3.58. The zero-order valence-corrected chi connectivity index (χ0v) is 13.0. The first-order chi connectivity index (χ1) is 10.3. The summed E-state index contributed by atoms with van der Waals surface area (Å²) in [7, 11) is 1.41. The minimum absolute atomic E-state index is 0.0331. The van der Waals surface area contributed by atoms with Crippen molar-refractivity contribution in [3.63, 3.8) is 0 Å². The van der Waals surface area contributed by atoms with Gasteiger partial charge in [0.25, 0.3) is 5.91 Å². The number of ether oxygens (including phenoxy) is 1. The Labute approximate surface area is 133 Å². The maximum absolute atomic E-state index is 12.7. The molecule has 2 aromatic carbocycles. The van der Waals surface area contributed by atoms with Crippen molar-refractivity contribution in [2.24, 2.45) is 0 Å². The highest BCUT2D eigenvalue weighted by atomic mass is 79.9. The molecule has 0 saturated carbocycles. The SMILES string of the molecule is COc1ccccc1C(=O)Nc1cc(C(F)(F)F)ccc1Br. The molecular weight excluding hydrogens is 363 g/mol. The number of rotatable bonds is 3. The van der Waals surface area contributed by atoms with Gasteiger partial charge in [-0.05, 0) is 46.3 Å². The second kappa shape index (κ2) is 6.39. The molecule has 22 heavy (non-hydrogen) atoms. The smallest absolute Gasteiger partial charge is 0.416 e. The molecule has 0 aliphatic rings. The summed E-state index contributed by atoms with van der Waals surface area (Å²) in [6.45, 7) is 0. The second-order valence-electron chi connectivity index (χ2n) is 4.35. The second-order valence-corrected chi connectivity index (χ2v) is 5.20. The van der Waals surface area contributed by atoms with Crippen LogP contribution in [0.15, 0.2) is 46.9 Å². The first-order valence-electron chi connectivity index (χ1n) is 6.14. The third-order valence-electron chi connectivity index (χ3n) is 2.89. The lowest BCUT2D eigenvalue weighted by Crippen LogP contribution is -2.14. The van der Waals surface area contributed by atoms with Gasteiger partial charge < -0.3 is 10.1 Å². The van der Waals surface area contributed by atoms with Crippen molar-refractivity contribution in [1.29, 1.82) is 0 Å². The maximum atomic E-state index is 12.7. The normalized spacial score (nSPS) is 11.1. The van der Waals surface area contributed by atoms with E-state index in [1.54, 1.807) is 18.2 Å².